The lowest BCUT2D eigenvalue weighted by Gasteiger charge is -2.43. The Kier molecular flexibility index (Phi) is 22.1. The molecule has 1 aromatic carbocycles. The second-order valence-electron chi connectivity index (χ2n) is 17.4. The van der Waals surface area contributed by atoms with Crippen molar-refractivity contribution in [1.82, 2.24) is 10.3 Å². The van der Waals surface area contributed by atoms with Gasteiger partial charge in [0.2, 0.25) is 12.2 Å². The standard InChI is InChI=1S/C46H72N2O18/c1-26(50)15-13-11-9-7-5-3-2-4-6-8-10-12-14-16-34(51)47-20-19-27-22-48-30-18-17-28(21-29(27)30)63-46-43(60)40(57)37(54)33(66-46)25-62-45-42(59)39(56)36(53)32(65-45)24-61-44-41(58)38(55)35(52)31(23-49)64-44/h2-3,6,8,17-18,21-22,26,31-33,35-46,48-50,52-60H,4-5,7,9-16,19-20,23-25H2,1H3,(H,47,51)/b3-2-,8-6-/t26-,31-,32-,33-,35+,36+,37+,38+,39-,40-,41-,42-,43-,44+,45+,46+/m0/s1. The first-order valence-electron chi connectivity index (χ1n) is 23.1. The smallest absolute Gasteiger partial charge is 0.229 e. The van der Waals surface area contributed by atoms with E-state index in [1.807, 2.05) is 13.1 Å². The lowest BCUT2D eigenvalue weighted by molar-refractivity contribution is -0.339. The number of amides is 1. The van der Waals surface area contributed by atoms with Crippen molar-refractivity contribution in [2.24, 2.45) is 0 Å². The van der Waals surface area contributed by atoms with Crippen molar-refractivity contribution in [3.8, 4) is 5.75 Å². The number of carbonyl (C=O) groups excluding carboxylic acids is 1. The van der Waals surface area contributed by atoms with Crippen LogP contribution in [0.2, 0.25) is 0 Å². The number of aliphatic hydroxyl groups excluding tert-OH is 11. The molecule has 20 nitrogen and oxygen atoms in total. The van der Waals surface area contributed by atoms with Gasteiger partial charge < -0.3 is 94.9 Å². The van der Waals surface area contributed by atoms with Gasteiger partial charge in [0.05, 0.1) is 25.9 Å². The maximum atomic E-state index is 12.5. The first-order chi connectivity index (χ1) is 31.7. The van der Waals surface area contributed by atoms with Crippen LogP contribution in [-0.4, -0.2) is 192 Å². The van der Waals surface area contributed by atoms with Gasteiger partial charge in [-0.1, -0.05) is 43.6 Å². The maximum Gasteiger partial charge on any atom is 0.229 e. The zero-order valence-electron chi connectivity index (χ0n) is 37.4. The van der Waals surface area contributed by atoms with Crippen molar-refractivity contribution in [3.05, 3.63) is 54.3 Å². The zero-order chi connectivity index (χ0) is 47.8. The van der Waals surface area contributed by atoms with Crippen LogP contribution in [0, 0.1) is 0 Å². The number of aromatic nitrogens is 1. The number of nitrogens with one attached hydrogen (secondary N) is 2. The number of aromatic amines is 1. The molecule has 0 aliphatic carbocycles. The third-order valence-electron chi connectivity index (χ3n) is 12.1. The summed E-state index contributed by atoms with van der Waals surface area (Å²) in [6.07, 6.45) is -3.15. The molecule has 3 aliphatic heterocycles. The predicted octanol–water partition coefficient (Wildman–Crippen LogP) is -0.562. The average Bonchev–Trinajstić information content (AvgIpc) is 3.70. The molecular weight excluding hydrogens is 869 g/mol. The number of ether oxygens (including phenoxy) is 6. The molecule has 0 unspecified atom stereocenters. The molecule has 5 rings (SSSR count). The highest BCUT2D eigenvalue weighted by Crippen LogP contribution is 2.30. The van der Waals surface area contributed by atoms with E-state index < -0.39 is 112 Å². The van der Waals surface area contributed by atoms with E-state index in [1.165, 1.54) is 12.8 Å². The molecule has 1 amide bonds. The van der Waals surface area contributed by atoms with E-state index in [-0.39, 0.29) is 17.8 Å². The molecule has 1 aromatic heterocycles. The van der Waals surface area contributed by atoms with Crippen LogP contribution in [0.1, 0.15) is 83.1 Å². The van der Waals surface area contributed by atoms with Crippen LogP contribution in [0.25, 0.3) is 10.9 Å². The van der Waals surface area contributed by atoms with Crippen molar-refractivity contribution in [1.29, 1.82) is 0 Å². The van der Waals surface area contributed by atoms with Crippen molar-refractivity contribution >= 4 is 16.8 Å². The molecule has 0 saturated carbocycles. The second-order valence-corrected chi connectivity index (χ2v) is 17.4. The number of rotatable bonds is 26. The van der Waals surface area contributed by atoms with Crippen LogP contribution in [0.4, 0.5) is 0 Å². The van der Waals surface area contributed by atoms with Crippen molar-refractivity contribution in [2.45, 2.75) is 182 Å². The largest absolute Gasteiger partial charge is 0.462 e. The minimum absolute atomic E-state index is 0.0293. The number of hydrogen-bond donors (Lipinski definition) is 13. The fraction of sp³-hybridized carbons (Fsp3) is 0.717. The molecular formula is C46H72N2O18. The van der Waals surface area contributed by atoms with E-state index in [0.29, 0.717) is 19.4 Å². The van der Waals surface area contributed by atoms with Crippen LogP contribution in [-0.2, 0) is 34.9 Å². The number of allylic oxidation sites excluding steroid dienone is 4. The molecule has 3 aliphatic rings. The Morgan fingerprint density at radius 3 is 1.85 bits per heavy atom. The summed E-state index contributed by atoms with van der Waals surface area (Å²) in [6.45, 7) is 0.360. The Balaban J connectivity index is 1.03. The van der Waals surface area contributed by atoms with Gasteiger partial charge >= 0.3 is 0 Å². The lowest BCUT2D eigenvalue weighted by Crippen LogP contribution is -2.63. The predicted molar refractivity (Wildman–Crippen MR) is 235 cm³/mol. The van der Waals surface area contributed by atoms with Crippen molar-refractivity contribution in [2.75, 3.05) is 26.4 Å². The summed E-state index contributed by atoms with van der Waals surface area (Å²) in [5.41, 5.74) is 1.68. The number of unbranched alkanes of at least 4 members (excludes halogenated alkanes) is 6. The summed E-state index contributed by atoms with van der Waals surface area (Å²) in [6, 6.07) is 5.08. The fourth-order valence-electron chi connectivity index (χ4n) is 8.03. The quantitative estimate of drug-likeness (QED) is 0.0415. The van der Waals surface area contributed by atoms with Crippen LogP contribution < -0.4 is 10.1 Å². The summed E-state index contributed by atoms with van der Waals surface area (Å²) < 4.78 is 33.8. The number of benzene rings is 1. The van der Waals surface area contributed by atoms with E-state index in [4.69, 9.17) is 28.4 Å². The van der Waals surface area contributed by atoms with Crippen molar-refractivity contribution in [3.63, 3.8) is 0 Å². The minimum Gasteiger partial charge on any atom is -0.462 e. The SMILES string of the molecule is C[C@H](O)CCCCCC/C=C\C/C=C\CCCCC(=O)NCCc1c[nH]c2ccc(O[C@@H]3O[C@@H](CO[C@@H]4O[C@@H](CO[C@@H]5O[C@@H](CO)[C@@H](O)[C@@H](O)[C@@H]5O)[C@@H](O)[C@H](O)[C@@H]4O)[C@@H](O)[C@H](O)[C@@H]3O)cc12. The van der Waals surface area contributed by atoms with Gasteiger partial charge in [0.25, 0.3) is 0 Å². The molecule has 13 N–H and O–H groups in total. The highest BCUT2D eigenvalue weighted by atomic mass is 16.7. The average molecular weight is 941 g/mol. The highest BCUT2D eigenvalue weighted by Gasteiger charge is 2.49. The summed E-state index contributed by atoms with van der Waals surface area (Å²) in [4.78, 5) is 15.7. The summed E-state index contributed by atoms with van der Waals surface area (Å²) in [5, 5.41) is 117. The van der Waals surface area contributed by atoms with Gasteiger partial charge in [-0.2, -0.15) is 0 Å². The first-order valence-corrected chi connectivity index (χ1v) is 23.1. The molecule has 3 fully saturated rings. The Morgan fingerprint density at radius 2 is 1.24 bits per heavy atom. The number of H-pyrrole nitrogens is 1. The molecule has 0 spiro atoms. The Labute approximate surface area is 384 Å². The van der Waals surface area contributed by atoms with Crippen LogP contribution >= 0.6 is 0 Å². The highest BCUT2D eigenvalue weighted by molar-refractivity contribution is 5.84. The molecule has 3 saturated heterocycles. The van der Waals surface area contributed by atoms with Gasteiger partial charge in [0.1, 0.15) is 79.0 Å². The molecule has 20 heteroatoms. The molecule has 16 atom stereocenters. The monoisotopic (exact) mass is 940 g/mol. The van der Waals surface area contributed by atoms with E-state index in [2.05, 4.69) is 34.6 Å². The lowest BCUT2D eigenvalue weighted by atomic mass is 9.98. The molecule has 2 aromatic rings. The van der Waals surface area contributed by atoms with Crippen LogP contribution in [0.3, 0.4) is 0 Å². The number of fused-ring (bicyclic) bond motifs is 1. The molecule has 0 bridgehead atoms. The van der Waals surface area contributed by atoms with Gasteiger partial charge in [-0.25, -0.2) is 0 Å². The van der Waals surface area contributed by atoms with E-state index >= 15 is 0 Å². The summed E-state index contributed by atoms with van der Waals surface area (Å²) in [5.74, 6) is 0.226. The van der Waals surface area contributed by atoms with E-state index in [9.17, 15) is 61.0 Å². The van der Waals surface area contributed by atoms with E-state index in [0.717, 1.165) is 67.8 Å². The van der Waals surface area contributed by atoms with E-state index in [1.54, 1.807) is 18.2 Å². The normalized spacial score (nSPS) is 33.5. The fourth-order valence-corrected chi connectivity index (χ4v) is 8.03. The van der Waals surface area contributed by atoms with Gasteiger partial charge in [0.15, 0.2) is 12.6 Å². The molecule has 374 valence electrons. The number of hydrogen-bond acceptors (Lipinski definition) is 18. The summed E-state index contributed by atoms with van der Waals surface area (Å²) >= 11 is 0. The topological polar surface area (TPSA) is 323 Å². The molecule has 4 heterocycles. The van der Waals surface area contributed by atoms with Gasteiger partial charge in [-0.3, -0.25) is 4.79 Å². The first kappa shape index (κ1) is 53.8. The number of carbonyl (C=O) groups is 1. The summed E-state index contributed by atoms with van der Waals surface area (Å²) in [7, 11) is 0. The Morgan fingerprint density at radius 1 is 0.697 bits per heavy atom. The second kappa shape index (κ2) is 27.2. The van der Waals surface area contributed by atoms with Crippen molar-refractivity contribution < 1.29 is 89.4 Å². The van der Waals surface area contributed by atoms with Crippen LogP contribution in [0.15, 0.2) is 48.7 Å². The number of aliphatic hydroxyl groups is 11. The zero-order valence-corrected chi connectivity index (χ0v) is 37.4. The van der Waals surface area contributed by atoms with Crippen LogP contribution in [0.5, 0.6) is 5.75 Å². The third-order valence-corrected chi connectivity index (χ3v) is 12.1. The Bertz CT molecular complexity index is 1780. The molecule has 0 radical (unpaired) electrons. The van der Waals surface area contributed by atoms with Gasteiger partial charge in [-0.15, -0.1) is 0 Å². The van der Waals surface area contributed by atoms with Gasteiger partial charge in [0, 0.05) is 30.1 Å². The maximum absolute atomic E-state index is 12.5. The third kappa shape index (κ3) is 15.4. The minimum atomic E-state index is -1.84. The molecule has 66 heavy (non-hydrogen) atoms. The van der Waals surface area contributed by atoms with Gasteiger partial charge in [-0.05, 0) is 82.1 Å². The Hall–Kier alpha value is -3.13.